The molecule has 2 rings (SSSR count). The predicted octanol–water partition coefficient (Wildman–Crippen LogP) is 10.9. The van der Waals surface area contributed by atoms with Crippen LogP contribution in [0.2, 0.25) is 0 Å². The normalized spacial score (nSPS) is 25.2. The summed E-state index contributed by atoms with van der Waals surface area (Å²) < 4.78 is 22.8. The van der Waals surface area contributed by atoms with Gasteiger partial charge in [0, 0.05) is 6.42 Å². The van der Waals surface area contributed by atoms with Crippen LogP contribution in [-0.2, 0) is 23.7 Å². The lowest BCUT2D eigenvalue weighted by Crippen LogP contribution is -2.65. The van der Waals surface area contributed by atoms with E-state index in [1.807, 2.05) is 6.08 Å². The van der Waals surface area contributed by atoms with Gasteiger partial charge in [-0.25, -0.2) is 0 Å². The zero-order chi connectivity index (χ0) is 56.7. The van der Waals surface area contributed by atoms with Gasteiger partial charge in [-0.1, -0.05) is 214 Å². The van der Waals surface area contributed by atoms with Crippen molar-refractivity contribution in [2.75, 3.05) is 19.8 Å². The van der Waals surface area contributed by atoms with E-state index in [-0.39, 0.29) is 18.9 Å². The van der Waals surface area contributed by atoms with Crippen LogP contribution >= 0.6 is 0 Å². The first-order chi connectivity index (χ1) is 38.1. The van der Waals surface area contributed by atoms with Gasteiger partial charge in [0.05, 0.1) is 32.0 Å². The van der Waals surface area contributed by atoms with Gasteiger partial charge >= 0.3 is 0 Å². The number of hydrogen-bond acceptors (Lipinski definition) is 13. The van der Waals surface area contributed by atoms with Crippen molar-refractivity contribution in [2.45, 2.75) is 293 Å². The summed E-state index contributed by atoms with van der Waals surface area (Å²) in [6.45, 7) is 2.66. The maximum absolute atomic E-state index is 13.3. The monoisotopic (exact) mass is 1100 g/mol. The molecule has 450 valence electrons. The molecule has 14 heteroatoms. The minimum absolute atomic E-state index is 0.256. The van der Waals surface area contributed by atoms with E-state index in [0.29, 0.717) is 12.8 Å². The van der Waals surface area contributed by atoms with Crippen molar-refractivity contribution in [3.05, 3.63) is 85.1 Å². The third kappa shape index (κ3) is 33.8. The quantitative estimate of drug-likeness (QED) is 0.0204. The number of ether oxygens (including phenoxy) is 4. The van der Waals surface area contributed by atoms with E-state index in [2.05, 4.69) is 92.1 Å². The second kappa shape index (κ2) is 48.8. The number of amides is 1. The molecule has 12 atom stereocenters. The van der Waals surface area contributed by atoms with Gasteiger partial charge in [-0.2, -0.15) is 0 Å². The number of unbranched alkanes of at least 4 members (excludes halogenated alkanes) is 23. The number of aliphatic hydroxyl groups is 8. The van der Waals surface area contributed by atoms with Crippen LogP contribution in [0.25, 0.3) is 0 Å². The van der Waals surface area contributed by atoms with Crippen LogP contribution in [0.1, 0.15) is 219 Å². The van der Waals surface area contributed by atoms with Gasteiger partial charge in [0.25, 0.3) is 0 Å². The number of allylic oxidation sites excluding steroid dienone is 13. The highest BCUT2D eigenvalue weighted by Crippen LogP contribution is 2.30. The number of carbonyl (C=O) groups is 1. The van der Waals surface area contributed by atoms with E-state index >= 15 is 0 Å². The van der Waals surface area contributed by atoms with E-state index in [9.17, 15) is 45.6 Å². The van der Waals surface area contributed by atoms with E-state index in [4.69, 9.17) is 18.9 Å². The summed E-state index contributed by atoms with van der Waals surface area (Å²) in [5.74, 6) is -0.264. The molecular formula is C64H111NO13. The Balaban J connectivity index is 1.79. The standard InChI is InChI=1S/C64H111NO13/c1-3-5-7-9-11-13-15-17-19-21-23-25-26-28-29-31-33-35-37-39-41-43-45-47-53(68)52(51-75-63-61(74)59(72)62(55(50-67)77-63)78-64-60(73)58(71)57(70)54(49-66)76-64)65-56(69)48-46-44-42-40-38-36-34-32-30-27-24-22-20-18-16-14-12-10-8-6-4-2/h6,8,12,14,18,20,24,27,29,31,37,39,45,47,52-55,57-64,66-68,70-74H,3-5,7,9-11,13,15-17,19,21-23,25-26,28,30,32-36,38,40-44,46,48-51H2,1-2H3,(H,65,69)/b8-6-,14-12-,20-18-,27-24-,31-29+,39-37+,47-45+. The Kier molecular flexibility index (Phi) is 44.6. The van der Waals surface area contributed by atoms with Crippen molar-refractivity contribution in [3.63, 3.8) is 0 Å². The second-order valence-corrected chi connectivity index (χ2v) is 21.4. The fourth-order valence-electron chi connectivity index (χ4n) is 9.61. The second-order valence-electron chi connectivity index (χ2n) is 21.4. The van der Waals surface area contributed by atoms with Crippen LogP contribution in [0, 0.1) is 0 Å². The first-order valence-corrected chi connectivity index (χ1v) is 30.8. The van der Waals surface area contributed by atoms with Crippen molar-refractivity contribution in [3.8, 4) is 0 Å². The lowest BCUT2D eigenvalue weighted by Gasteiger charge is -2.46. The van der Waals surface area contributed by atoms with Crippen LogP contribution < -0.4 is 5.32 Å². The van der Waals surface area contributed by atoms with E-state index < -0.39 is 86.8 Å². The van der Waals surface area contributed by atoms with Gasteiger partial charge < -0.3 is 65.1 Å². The molecule has 0 radical (unpaired) electrons. The van der Waals surface area contributed by atoms with Gasteiger partial charge in [0.15, 0.2) is 12.6 Å². The zero-order valence-electron chi connectivity index (χ0n) is 48.4. The summed E-state index contributed by atoms with van der Waals surface area (Å²) in [4.78, 5) is 13.3. The van der Waals surface area contributed by atoms with Crippen LogP contribution in [0.5, 0.6) is 0 Å². The van der Waals surface area contributed by atoms with E-state index in [1.54, 1.807) is 6.08 Å². The molecule has 2 aliphatic heterocycles. The first-order valence-electron chi connectivity index (χ1n) is 30.8. The highest BCUT2D eigenvalue weighted by atomic mass is 16.7. The Labute approximate surface area is 471 Å². The molecule has 2 saturated heterocycles. The highest BCUT2D eigenvalue weighted by Gasteiger charge is 2.51. The van der Waals surface area contributed by atoms with Crippen molar-refractivity contribution in [1.82, 2.24) is 5.32 Å². The Bertz CT molecular complexity index is 1630. The molecule has 0 aliphatic carbocycles. The smallest absolute Gasteiger partial charge is 0.220 e. The largest absolute Gasteiger partial charge is 0.394 e. The van der Waals surface area contributed by atoms with Crippen molar-refractivity contribution in [1.29, 1.82) is 0 Å². The molecule has 0 bridgehead atoms. The highest BCUT2D eigenvalue weighted by molar-refractivity contribution is 5.76. The Hall–Kier alpha value is -2.83. The number of hydrogen-bond donors (Lipinski definition) is 9. The molecule has 0 spiro atoms. The molecule has 1 amide bonds. The molecular weight excluding hydrogens is 991 g/mol. The minimum Gasteiger partial charge on any atom is -0.394 e. The molecule has 14 nitrogen and oxygen atoms in total. The molecule has 2 aliphatic rings. The lowest BCUT2D eigenvalue weighted by molar-refractivity contribution is -0.359. The minimum atomic E-state index is -1.80. The summed E-state index contributed by atoms with van der Waals surface area (Å²) in [5.41, 5.74) is 0. The predicted molar refractivity (Wildman–Crippen MR) is 313 cm³/mol. The molecule has 9 N–H and O–H groups in total. The molecule has 0 aromatic heterocycles. The van der Waals surface area contributed by atoms with Gasteiger partial charge in [0.1, 0.15) is 48.8 Å². The molecule has 2 fully saturated rings. The van der Waals surface area contributed by atoms with Crippen LogP contribution in [0.4, 0.5) is 0 Å². The lowest BCUT2D eigenvalue weighted by atomic mass is 9.97. The van der Waals surface area contributed by atoms with Crippen LogP contribution in [0.3, 0.4) is 0 Å². The average Bonchev–Trinajstić information content (AvgIpc) is 3.48. The Morgan fingerprint density at radius 1 is 0.474 bits per heavy atom. The summed E-state index contributed by atoms with van der Waals surface area (Å²) in [6.07, 6.45) is 49.0. The molecule has 2 heterocycles. The maximum atomic E-state index is 13.3. The first kappa shape index (κ1) is 71.3. The number of aliphatic hydroxyl groups excluding tert-OH is 8. The SMILES string of the molecule is CC/C=C\C/C=C\C/C=C\C/C=C\CCCCCCCCCCC(=O)NC(COC1OC(CO)C(OC2OC(CO)C(O)C(O)C2O)C(O)C1O)C(O)/C=C/CC/C=C/CC/C=C/CCCCCCCCCCCCCCC. The van der Waals surface area contributed by atoms with Crippen LogP contribution in [-0.4, -0.2) is 140 Å². The molecule has 0 aromatic rings. The molecule has 0 aromatic carbocycles. The van der Waals surface area contributed by atoms with E-state index in [0.717, 1.165) is 83.5 Å². The molecule has 12 unspecified atom stereocenters. The summed E-state index contributed by atoms with van der Waals surface area (Å²) in [5, 5.41) is 87.1. The third-order valence-corrected chi connectivity index (χ3v) is 14.5. The van der Waals surface area contributed by atoms with Crippen molar-refractivity contribution >= 4 is 5.91 Å². The fraction of sp³-hybridized carbons (Fsp3) is 0.766. The van der Waals surface area contributed by atoms with Gasteiger partial charge in [-0.05, 0) is 83.5 Å². The Morgan fingerprint density at radius 2 is 0.897 bits per heavy atom. The van der Waals surface area contributed by atoms with E-state index in [1.165, 1.54) is 103 Å². The summed E-state index contributed by atoms with van der Waals surface area (Å²) in [7, 11) is 0. The van der Waals surface area contributed by atoms with Gasteiger partial charge in [-0.15, -0.1) is 0 Å². The summed E-state index contributed by atoms with van der Waals surface area (Å²) in [6, 6.07) is -0.948. The summed E-state index contributed by atoms with van der Waals surface area (Å²) >= 11 is 0. The third-order valence-electron chi connectivity index (χ3n) is 14.5. The Morgan fingerprint density at radius 3 is 1.41 bits per heavy atom. The molecule has 0 saturated carbocycles. The zero-order valence-corrected chi connectivity index (χ0v) is 48.4. The average molecular weight is 1100 g/mol. The van der Waals surface area contributed by atoms with Gasteiger partial charge in [-0.3, -0.25) is 4.79 Å². The fourth-order valence-corrected chi connectivity index (χ4v) is 9.61. The number of nitrogens with one attached hydrogen (secondary N) is 1. The van der Waals surface area contributed by atoms with Crippen LogP contribution in [0.15, 0.2) is 85.1 Å². The number of carbonyl (C=O) groups excluding carboxylic acids is 1. The van der Waals surface area contributed by atoms with Gasteiger partial charge in [0.2, 0.25) is 5.91 Å². The van der Waals surface area contributed by atoms with Crippen molar-refractivity contribution in [2.24, 2.45) is 0 Å². The van der Waals surface area contributed by atoms with Crippen molar-refractivity contribution < 1.29 is 64.6 Å². The maximum Gasteiger partial charge on any atom is 0.220 e. The molecule has 78 heavy (non-hydrogen) atoms. The number of rotatable bonds is 48. The topological polar surface area (TPSA) is 228 Å².